The van der Waals surface area contributed by atoms with E-state index >= 15 is 0 Å². The zero-order valence-corrected chi connectivity index (χ0v) is 16.1. The molecule has 0 radical (unpaired) electrons. The molecule has 1 N–H and O–H groups in total. The molecule has 1 saturated heterocycles. The van der Waals surface area contributed by atoms with E-state index in [1.807, 2.05) is 7.05 Å². The minimum Gasteiger partial charge on any atom is -0.342 e. The van der Waals surface area contributed by atoms with Crippen LogP contribution in [0.5, 0.6) is 0 Å². The number of rotatable bonds is 3. The van der Waals surface area contributed by atoms with Gasteiger partial charge in [0, 0.05) is 37.7 Å². The van der Waals surface area contributed by atoms with E-state index in [0.29, 0.717) is 25.2 Å². The van der Waals surface area contributed by atoms with Gasteiger partial charge in [0.05, 0.1) is 12.1 Å². The zero-order chi connectivity index (χ0) is 19.7. The Labute approximate surface area is 163 Å². The lowest BCUT2D eigenvalue weighted by molar-refractivity contribution is -0.131. The Morgan fingerprint density at radius 2 is 2.00 bits per heavy atom. The number of halogens is 1. The van der Waals surface area contributed by atoms with Gasteiger partial charge in [0.1, 0.15) is 11.6 Å². The number of nitrogens with one attached hydrogen (secondary N) is 1. The van der Waals surface area contributed by atoms with Gasteiger partial charge in [0.15, 0.2) is 0 Å². The lowest BCUT2D eigenvalue weighted by Gasteiger charge is -2.32. The third-order valence-electron chi connectivity index (χ3n) is 5.82. The van der Waals surface area contributed by atoms with Gasteiger partial charge in [-0.2, -0.15) is 0 Å². The average Bonchev–Trinajstić information content (AvgIpc) is 2.69. The number of hydrogen-bond acceptors (Lipinski definition) is 4. The van der Waals surface area contributed by atoms with Crippen LogP contribution in [0.1, 0.15) is 41.4 Å². The number of amides is 1. The van der Waals surface area contributed by atoms with E-state index in [1.165, 1.54) is 6.07 Å². The Balaban J connectivity index is 1.41. The molecule has 28 heavy (non-hydrogen) atoms. The first-order chi connectivity index (χ1) is 13.5. The molecule has 2 aromatic rings. The normalized spacial score (nSPS) is 18.1. The molecule has 4 rings (SSSR count). The van der Waals surface area contributed by atoms with Crippen molar-refractivity contribution >= 4 is 5.91 Å². The Bertz CT molecular complexity index is 934. The van der Waals surface area contributed by atoms with Crippen molar-refractivity contribution in [2.24, 2.45) is 0 Å². The van der Waals surface area contributed by atoms with Gasteiger partial charge in [-0.05, 0) is 37.9 Å². The molecule has 1 aromatic heterocycles. The average molecular weight is 384 g/mol. The van der Waals surface area contributed by atoms with Crippen molar-refractivity contribution in [1.82, 2.24) is 19.8 Å². The molecule has 6 nitrogen and oxygen atoms in total. The van der Waals surface area contributed by atoms with Crippen LogP contribution < -0.4 is 5.56 Å². The molecule has 1 fully saturated rings. The number of likely N-dealkylation sites (tertiary alicyclic amines) is 1. The van der Waals surface area contributed by atoms with E-state index in [0.717, 1.165) is 42.9 Å². The minimum atomic E-state index is -0.341. The van der Waals surface area contributed by atoms with E-state index in [4.69, 9.17) is 4.98 Å². The molecule has 0 unspecified atom stereocenters. The quantitative estimate of drug-likeness (QED) is 0.877. The van der Waals surface area contributed by atoms with Crippen molar-refractivity contribution < 1.29 is 9.18 Å². The second kappa shape index (κ2) is 7.83. The molecule has 148 valence electrons. The molecule has 0 atom stereocenters. The number of aromatic nitrogens is 2. The van der Waals surface area contributed by atoms with Crippen molar-refractivity contribution in [2.75, 3.05) is 26.7 Å². The van der Waals surface area contributed by atoms with Gasteiger partial charge < -0.3 is 14.8 Å². The van der Waals surface area contributed by atoms with Gasteiger partial charge in [0.2, 0.25) is 5.91 Å². The summed E-state index contributed by atoms with van der Waals surface area (Å²) in [7, 11) is 2.03. The predicted octanol–water partition coefficient (Wildman–Crippen LogP) is 1.85. The number of H-pyrrole nitrogens is 1. The van der Waals surface area contributed by atoms with Crippen LogP contribution in [0.25, 0.3) is 0 Å². The highest BCUT2D eigenvalue weighted by molar-refractivity contribution is 5.78. The lowest BCUT2D eigenvalue weighted by atomic mass is 9.94. The summed E-state index contributed by atoms with van der Waals surface area (Å²) >= 11 is 0. The molecule has 1 amide bonds. The van der Waals surface area contributed by atoms with Crippen molar-refractivity contribution in [3.05, 3.63) is 63.1 Å². The Kier molecular flexibility index (Phi) is 5.26. The fourth-order valence-electron chi connectivity index (χ4n) is 4.10. The summed E-state index contributed by atoms with van der Waals surface area (Å²) in [5, 5.41) is 0. The van der Waals surface area contributed by atoms with Crippen LogP contribution in [0.3, 0.4) is 0 Å². The Morgan fingerprint density at radius 3 is 2.75 bits per heavy atom. The van der Waals surface area contributed by atoms with Crippen molar-refractivity contribution in [2.45, 2.75) is 38.1 Å². The first-order valence-electron chi connectivity index (χ1n) is 9.83. The molecular weight excluding hydrogens is 359 g/mol. The van der Waals surface area contributed by atoms with Gasteiger partial charge in [-0.1, -0.05) is 18.2 Å². The SMILES string of the molecule is CN1CCc2c(nc(C3CCN(C(=O)Cc4ccccc4F)CC3)[nH]c2=O)C1. The summed E-state index contributed by atoms with van der Waals surface area (Å²) in [4.78, 5) is 36.6. The first-order valence-corrected chi connectivity index (χ1v) is 9.83. The summed E-state index contributed by atoms with van der Waals surface area (Å²) in [6.07, 6.45) is 2.32. The van der Waals surface area contributed by atoms with E-state index in [-0.39, 0.29) is 29.6 Å². The second-order valence-electron chi connectivity index (χ2n) is 7.79. The maximum Gasteiger partial charge on any atom is 0.254 e. The smallest absolute Gasteiger partial charge is 0.254 e. The number of piperidine rings is 1. The lowest BCUT2D eigenvalue weighted by Crippen LogP contribution is -2.40. The van der Waals surface area contributed by atoms with Crippen molar-refractivity contribution in [3.8, 4) is 0 Å². The highest BCUT2D eigenvalue weighted by atomic mass is 19.1. The molecule has 0 spiro atoms. The first kappa shape index (κ1) is 18.8. The molecular formula is C21H25FN4O2. The summed E-state index contributed by atoms with van der Waals surface area (Å²) in [5.41, 5.74) is 2.09. The molecule has 3 heterocycles. The van der Waals surface area contributed by atoms with E-state index in [2.05, 4.69) is 9.88 Å². The maximum absolute atomic E-state index is 13.8. The van der Waals surface area contributed by atoms with Crippen molar-refractivity contribution in [1.29, 1.82) is 0 Å². The summed E-state index contributed by atoms with van der Waals surface area (Å²) in [6, 6.07) is 6.40. The van der Waals surface area contributed by atoms with E-state index in [9.17, 15) is 14.0 Å². The largest absolute Gasteiger partial charge is 0.342 e. The van der Waals surface area contributed by atoms with Crippen LogP contribution in [0.2, 0.25) is 0 Å². The van der Waals surface area contributed by atoms with Gasteiger partial charge in [-0.15, -0.1) is 0 Å². The Hall–Kier alpha value is -2.54. The van der Waals surface area contributed by atoms with Crippen LogP contribution in [0.15, 0.2) is 29.1 Å². The second-order valence-corrected chi connectivity index (χ2v) is 7.79. The zero-order valence-electron chi connectivity index (χ0n) is 16.1. The van der Waals surface area contributed by atoms with Gasteiger partial charge in [-0.3, -0.25) is 9.59 Å². The molecule has 2 aliphatic heterocycles. The maximum atomic E-state index is 13.8. The molecule has 0 bridgehead atoms. The molecule has 2 aliphatic rings. The number of hydrogen-bond donors (Lipinski definition) is 1. The number of fused-ring (bicyclic) bond motifs is 1. The number of likely N-dealkylation sites (N-methyl/N-ethyl adjacent to an activating group) is 1. The monoisotopic (exact) mass is 384 g/mol. The summed E-state index contributed by atoms with van der Waals surface area (Å²) < 4.78 is 13.8. The molecule has 1 aromatic carbocycles. The number of carbonyl (C=O) groups is 1. The van der Waals surface area contributed by atoms with Gasteiger partial charge in [0.25, 0.3) is 5.56 Å². The van der Waals surface area contributed by atoms with Crippen molar-refractivity contribution in [3.63, 3.8) is 0 Å². The van der Waals surface area contributed by atoms with Crippen LogP contribution in [0.4, 0.5) is 4.39 Å². The molecule has 0 aliphatic carbocycles. The highest BCUT2D eigenvalue weighted by Gasteiger charge is 2.27. The number of carbonyl (C=O) groups excluding carboxylic acids is 1. The molecule has 0 saturated carbocycles. The van der Waals surface area contributed by atoms with Crippen LogP contribution in [-0.2, 0) is 24.2 Å². The minimum absolute atomic E-state index is 0.0221. The van der Waals surface area contributed by atoms with E-state index < -0.39 is 0 Å². The van der Waals surface area contributed by atoms with Crippen LogP contribution >= 0.6 is 0 Å². The third kappa shape index (κ3) is 3.85. The standard InChI is InChI=1S/C21H25FN4O2/c1-25-9-8-16-18(13-25)23-20(24-21(16)28)14-6-10-26(11-7-14)19(27)12-15-4-2-3-5-17(15)22/h2-5,14H,6-13H2,1H3,(H,23,24,28). The fraction of sp³-hybridized carbons (Fsp3) is 0.476. The van der Waals surface area contributed by atoms with E-state index in [1.54, 1.807) is 23.1 Å². The van der Waals surface area contributed by atoms with Crippen LogP contribution in [0, 0.1) is 5.82 Å². The van der Waals surface area contributed by atoms with Crippen LogP contribution in [-0.4, -0.2) is 52.4 Å². The topological polar surface area (TPSA) is 69.3 Å². The third-order valence-corrected chi connectivity index (χ3v) is 5.82. The van der Waals surface area contributed by atoms with Gasteiger partial charge in [-0.25, -0.2) is 9.37 Å². The predicted molar refractivity (Wildman–Crippen MR) is 104 cm³/mol. The highest BCUT2D eigenvalue weighted by Crippen LogP contribution is 2.26. The summed E-state index contributed by atoms with van der Waals surface area (Å²) in [5.74, 6) is 0.478. The number of aromatic amines is 1. The molecule has 7 heteroatoms. The number of nitrogens with zero attached hydrogens (tertiary/aromatic N) is 3. The number of benzene rings is 1. The van der Waals surface area contributed by atoms with Gasteiger partial charge >= 0.3 is 0 Å². The summed E-state index contributed by atoms with van der Waals surface area (Å²) in [6.45, 7) is 2.77. The Morgan fingerprint density at radius 1 is 1.25 bits per heavy atom. The fourth-order valence-corrected chi connectivity index (χ4v) is 4.10.